The topological polar surface area (TPSA) is 29.5 Å². The number of rotatable bonds is 3. The molecule has 0 aliphatic rings. The number of benzene rings is 3. The molecule has 0 radical (unpaired) electrons. The first-order chi connectivity index (χ1) is 9.83. The Morgan fingerprint density at radius 2 is 1.45 bits per heavy atom. The molecule has 3 rings (SSSR count). The van der Waals surface area contributed by atoms with Crippen LogP contribution in [0.1, 0.15) is 0 Å². The predicted molar refractivity (Wildman–Crippen MR) is 80.1 cm³/mol. The second-order valence-corrected chi connectivity index (χ2v) is 4.46. The van der Waals surface area contributed by atoms with Gasteiger partial charge < -0.3 is 9.84 Å². The lowest BCUT2D eigenvalue weighted by atomic mass is 10.1. The third-order valence-corrected chi connectivity index (χ3v) is 3.02. The second kappa shape index (κ2) is 5.49. The van der Waals surface area contributed by atoms with E-state index in [0.717, 1.165) is 16.9 Å². The molecule has 0 unspecified atom stereocenters. The van der Waals surface area contributed by atoms with Crippen molar-refractivity contribution in [2.24, 2.45) is 0 Å². The van der Waals surface area contributed by atoms with Crippen LogP contribution in [0.4, 0.5) is 0 Å². The lowest BCUT2D eigenvalue weighted by Gasteiger charge is -2.11. The molecule has 98 valence electrons. The first-order valence-electron chi connectivity index (χ1n) is 6.44. The number of phenolic OH excluding ortho intramolecular Hbond substituents is 1. The summed E-state index contributed by atoms with van der Waals surface area (Å²) >= 11 is 0. The van der Waals surface area contributed by atoms with Crippen molar-refractivity contribution < 1.29 is 9.84 Å². The summed E-state index contributed by atoms with van der Waals surface area (Å²) < 4.78 is 5.88. The van der Waals surface area contributed by atoms with Crippen molar-refractivity contribution in [2.45, 2.75) is 0 Å². The quantitative estimate of drug-likeness (QED) is 0.731. The third-order valence-electron chi connectivity index (χ3n) is 3.02. The molecule has 2 heteroatoms. The fourth-order valence-corrected chi connectivity index (χ4v) is 2.09. The van der Waals surface area contributed by atoms with Crippen LogP contribution in [0.5, 0.6) is 17.2 Å². The van der Waals surface area contributed by atoms with E-state index in [1.807, 2.05) is 60.7 Å². The van der Waals surface area contributed by atoms with Gasteiger partial charge in [0, 0.05) is 11.6 Å². The summed E-state index contributed by atoms with van der Waals surface area (Å²) in [7, 11) is 0. The fourth-order valence-electron chi connectivity index (χ4n) is 2.09. The fraction of sp³-hybridized carbons (Fsp3) is 0. The Hall–Kier alpha value is -2.74. The average molecular weight is 262 g/mol. The maximum absolute atomic E-state index is 9.50. The highest BCUT2D eigenvalue weighted by Gasteiger charge is 2.06. The molecule has 20 heavy (non-hydrogen) atoms. The van der Waals surface area contributed by atoms with Gasteiger partial charge in [0.15, 0.2) is 0 Å². The Morgan fingerprint density at radius 3 is 2.25 bits per heavy atom. The van der Waals surface area contributed by atoms with E-state index in [0.29, 0.717) is 5.75 Å². The van der Waals surface area contributed by atoms with Crippen molar-refractivity contribution in [2.75, 3.05) is 0 Å². The zero-order valence-electron chi connectivity index (χ0n) is 10.9. The van der Waals surface area contributed by atoms with Crippen LogP contribution in [-0.2, 0) is 0 Å². The molecular formula is C18H14O2. The molecule has 0 saturated carbocycles. The van der Waals surface area contributed by atoms with Crippen molar-refractivity contribution in [1.29, 1.82) is 0 Å². The van der Waals surface area contributed by atoms with Crippen LogP contribution >= 0.6 is 0 Å². The van der Waals surface area contributed by atoms with Crippen LogP contribution in [0, 0.1) is 0 Å². The van der Waals surface area contributed by atoms with Crippen LogP contribution in [0.25, 0.3) is 11.1 Å². The number of hydrogen-bond acceptors (Lipinski definition) is 2. The summed E-state index contributed by atoms with van der Waals surface area (Å²) in [6.07, 6.45) is 0. The summed E-state index contributed by atoms with van der Waals surface area (Å²) in [4.78, 5) is 0. The predicted octanol–water partition coefficient (Wildman–Crippen LogP) is 4.85. The highest BCUT2D eigenvalue weighted by Crippen LogP contribution is 2.33. The maximum atomic E-state index is 9.50. The van der Waals surface area contributed by atoms with Gasteiger partial charge in [0.05, 0.1) is 0 Å². The summed E-state index contributed by atoms with van der Waals surface area (Å²) in [6, 6.07) is 24.7. The van der Waals surface area contributed by atoms with E-state index >= 15 is 0 Å². The Morgan fingerprint density at radius 1 is 0.700 bits per heavy atom. The highest BCUT2D eigenvalue weighted by atomic mass is 16.5. The summed E-state index contributed by atoms with van der Waals surface area (Å²) in [6.45, 7) is 0. The molecule has 3 aromatic rings. The van der Waals surface area contributed by atoms with Crippen molar-refractivity contribution in [3.8, 4) is 28.4 Å². The molecule has 3 aromatic carbocycles. The number of aromatic hydroxyl groups is 1. The van der Waals surface area contributed by atoms with Gasteiger partial charge in [-0.25, -0.2) is 0 Å². The van der Waals surface area contributed by atoms with E-state index in [1.165, 1.54) is 0 Å². The van der Waals surface area contributed by atoms with E-state index in [-0.39, 0.29) is 5.75 Å². The van der Waals surface area contributed by atoms with Crippen molar-refractivity contribution in [1.82, 2.24) is 0 Å². The summed E-state index contributed by atoms with van der Waals surface area (Å²) in [5, 5.41) is 9.50. The van der Waals surface area contributed by atoms with E-state index in [1.54, 1.807) is 18.2 Å². The van der Waals surface area contributed by atoms with Gasteiger partial charge in [0.1, 0.15) is 17.2 Å². The zero-order valence-corrected chi connectivity index (χ0v) is 10.9. The minimum absolute atomic E-state index is 0.194. The molecule has 0 amide bonds. The maximum Gasteiger partial charge on any atom is 0.135 e. The number of para-hydroxylation sites is 1. The largest absolute Gasteiger partial charge is 0.508 e. The Labute approximate surface area is 117 Å². The van der Waals surface area contributed by atoms with Crippen LogP contribution in [0.3, 0.4) is 0 Å². The molecule has 2 nitrogen and oxygen atoms in total. The highest BCUT2D eigenvalue weighted by molar-refractivity contribution is 5.70. The molecule has 1 N–H and O–H groups in total. The van der Waals surface area contributed by atoms with Crippen molar-refractivity contribution in [3.63, 3.8) is 0 Å². The third kappa shape index (κ3) is 2.64. The normalized spacial score (nSPS) is 10.2. The Balaban J connectivity index is 1.99. The average Bonchev–Trinajstić information content (AvgIpc) is 2.49. The smallest absolute Gasteiger partial charge is 0.135 e. The zero-order chi connectivity index (χ0) is 13.8. The molecule has 0 bridgehead atoms. The van der Waals surface area contributed by atoms with E-state index < -0.39 is 0 Å². The molecule has 0 saturated heterocycles. The standard InChI is InChI=1S/C18H14O2/c19-15-9-6-10-16(13-15)20-18-12-5-4-11-17(18)14-7-2-1-3-8-14/h1-13,19H. The van der Waals surface area contributed by atoms with Gasteiger partial charge in [-0.2, -0.15) is 0 Å². The molecular weight excluding hydrogens is 248 g/mol. The summed E-state index contributed by atoms with van der Waals surface area (Å²) in [5.41, 5.74) is 2.12. The van der Waals surface area contributed by atoms with E-state index in [9.17, 15) is 5.11 Å². The van der Waals surface area contributed by atoms with Gasteiger partial charge in [-0.1, -0.05) is 54.6 Å². The van der Waals surface area contributed by atoms with Crippen LogP contribution in [0.15, 0.2) is 78.9 Å². The first-order valence-corrected chi connectivity index (χ1v) is 6.44. The second-order valence-electron chi connectivity index (χ2n) is 4.46. The molecule has 0 aliphatic heterocycles. The van der Waals surface area contributed by atoms with Crippen LogP contribution in [-0.4, -0.2) is 5.11 Å². The lowest BCUT2D eigenvalue weighted by molar-refractivity contribution is 0.456. The molecule has 0 atom stereocenters. The van der Waals surface area contributed by atoms with Crippen molar-refractivity contribution in [3.05, 3.63) is 78.9 Å². The van der Waals surface area contributed by atoms with Gasteiger partial charge in [-0.05, 0) is 23.8 Å². The number of phenols is 1. The van der Waals surface area contributed by atoms with Gasteiger partial charge in [-0.3, -0.25) is 0 Å². The Bertz CT molecular complexity index is 705. The molecule has 0 fully saturated rings. The minimum atomic E-state index is 0.194. The Kier molecular flexibility index (Phi) is 3.38. The van der Waals surface area contributed by atoms with Crippen LogP contribution < -0.4 is 4.74 Å². The number of hydrogen-bond donors (Lipinski definition) is 1. The van der Waals surface area contributed by atoms with E-state index in [2.05, 4.69) is 0 Å². The molecule has 0 spiro atoms. The first kappa shape index (κ1) is 12.3. The molecule has 0 aliphatic carbocycles. The monoisotopic (exact) mass is 262 g/mol. The molecule has 0 aromatic heterocycles. The number of ether oxygens (including phenoxy) is 1. The van der Waals surface area contributed by atoms with Gasteiger partial charge >= 0.3 is 0 Å². The SMILES string of the molecule is Oc1cccc(Oc2ccccc2-c2ccccc2)c1. The van der Waals surface area contributed by atoms with Crippen molar-refractivity contribution >= 4 is 0 Å². The molecule has 0 heterocycles. The van der Waals surface area contributed by atoms with Gasteiger partial charge in [0.2, 0.25) is 0 Å². The van der Waals surface area contributed by atoms with Gasteiger partial charge in [0.25, 0.3) is 0 Å². The van der Waals surface area contributed by atoms with E-state index in [4.69, 9.17) is 4.74 Å². The van der Waals surface area contributed by atoms with Crippen LogP contribution in [0.2, 0.25) is 0 Å². The van der Waals surface area contributed by atoms with Gasteiger partial charge in [-0.15, -0.1) is 0 Å². The summed E-state index contributed by atoms with van der Waals surface area (Å²) in [5.74, 6) is 1.58. The lowest BCUT2D eigenvalue weighted by Crippen LogP contribution is -1.87. The minimum Gasteiger partial charge on any atom is -0.508 e.